The Kier molecular flexibility index (Phi) is 2.09. The summed E-state index contributed by atoms with van der Waals surface area (Å²) in [6.45, 7) is 0. The zero-order valence-electron chi connectivity index (χ0n) is 5.61. The van der Waals surface area contributed by atoms with E-state index < -0.39 is 5.79 Å². The Labute approximate surface area is 67.8 Å². The van der Waals surface area contributed by atoms with E-state index in [1.54, 1.807) is 6.07 Å². The van der Waals surface area contributed by atoms with Gasteiger partial charge in [0.15, 0.2) is 0 Å². The van der Waals surface area contributed by atoms with Gasteiger partial charge in [-0.2, -0.15) is 5.26 Å². The predicted octanol–water partition coefficient (Wildman–Crippen LogP) is -0.250. The van der Waals surface area contributed by atoms with Crippen molar-refractivity contribution in [3.63, 3.8) is 0 Å². The van der Waals surface area contributed by atoms with Gasteiger partial charge in [0.25, 0.3) is 0 Å². The third kappa shape index (κ3) is 1.48. The Bertz CT molecular complexity index is 241. The number of aliphatic hydroxyl groups is 3. The van der Waals surface area contributed by atoms with Gasteiger partial charge in [0.1, 0.15) is 17.4 Å². The second-order valence-corrected chi connectivity index (χ2v) is 3.23. The van der Waals surface area contributed by atoms with Crippen LogP contribution < -0.4 is 0 Å². The highest BCUT2D eigenvalue weighted by Gasteiger charge is 2.35. The minimum atomic E-state index is -2.15. The Hall–Kier alpha value is -0.700. The molecule has 0 unspecified atom stereocenters. The van der Waals surface area contributed by atoms with E-state index in [0.29, 0.717) is 0 Å². The molecule has 0 bridgehead atoms. The molecule has 1 aliphatic rings. The predicted molar refractivity (Wildman–Crippen MR) is 39.8 cm³/mol. The molecule has 0 radical (unpaired) electrons. The minimum Gasteiger partial charge on any atom is -0.510 e. The molecule has 0 saturated heterocycles. The molecule has 4 nitrogen and oxygen atoms in total. The quantitative estimate of drug-likeness (QED) is 0.440. The highest BCUT2D eigenvalue weighted by Crippen LogP contribution is 2.28. The van der Waals surface area contributed by atoms with Crippen LogP contribution in [0.25, 0.3) is 0 Å². The molecule has 5 heteroatoms. The van der Waals surface area contributed by atoms with Crippen molar-refractivity contribution in [2.24, 2.45) is 0 Å². The van der Waals surface area contributed by atoms with Gasteiger partial charge in [-0.3, -0.25) is 0 Å². The summed E-state index contributed by atoms with van der Waals surface area (Å²) in [5, 5.41) is 35.6. The molecule has 1 aliphatic heterocycles. The number of thioether (sulfide) groups is 1. The summed E-state index contributed by atoms with van der Waals surface area (Å²) < 4.78 is 0. The first-order valence-electron chi connectivity index (χ1n) is 2.93. The summed E-state index contributed by atoms with van der Waals surface area (Å²) in [5.41, 5.74) is -0.337. The van der Waals surface area contributed by atoms with Crippen molar-refractivity contribution in [2.75, 3.05) is 11.5 Å². The van der Waals surface area contributed by atoms with E-state index in [0.717, 1.165) is 0 Å². The van der Waals surface area contributed by atoms with Crippen LogP contribution in [-0.4, -0.2) is 32.6 Å². The maximum atomic E-state index is 9.10. The molecule has 1 heterocycles. The fraction of sp³-hybridized carbons (Fsp3) is 0.500. The van der Waals surface area contributed by atoms with Crippen molar-refractivity contribution < 1.29 is 15.3 Å². The summed E-state index contributed by atoms with van der Waals surface area (Å²) in [5.74, 6) is -2.10. The third-order valence-corrected chi connectivity index (χ3v) is 2.43. The van der Waals surface area contributed by atoms with Crippen molar-refractivity contribution in [1.29, 1.82) is 5.26 Å². The van der Waals surface area contributed by atoms with Crippen LogP contribution in [0.5, 0.6) is 0 Å². The fourth-order valence-electron chi connectivity index (χ4n) is 0.820. The molecular formula is C6H7NO3S. The molecule has 11 heavy (non-hydrogen) atoms. The minimum absolute atomic E-state index is 0.0277. The lowest BCUT2D eigenvalue weighted by molar-refractivity contribution is -0.106. The summed E-state index contributed by atoms with van der Waals surface area (Å²) in [7, 11) is 0. The molecule has 0 aromatic heterocycles. The number of hydrogen-bond donors (Lipinski definition) is 3. The number of aliphatic hydroxyl groups excluding tert-OH is 1. The van der Waals surface area contributed by atoms with E-state index in [1.807, 2.05) is 0 Å². The Morgan fingerprint density at radius 3 is 2.55 bits per heavy atom. The second-order valence-electron chi connectivity index (χ2n) is 2.24. The zero-order valence-corrected chi connectivity index (χ0v) is 6.43. The van der Waals surface area contributed by atoms with Gasteiger partial charge in [-0.25, -0.2) is 0 Å². The summed E-state index contributed by atoms with van der Waals surface area (Å²) in [4.78, 5) is 0. The standard InChI is InChI=1S/C6H7NO3S/c7-1-4-5(8)2-11-3-6(4,9)10/h8-10H,2-3H2. The van der Waals surface area contributed by atoms with E-state index in [2.05, 4.69) is 0 Å². The molecule has 0 spiro atoms. The van der Waals surface area contributed by atoms with Gasteiger partial charge in [0.2, 0.25) is 5.79 Å². The summed E-state index contributed by atoms with van der Waals surface area (Å²) >= 11 is 1.17. The van der Waals surface area contributed by atoms with Crippen LogP contribution in [0.3, 0.4) is 0 Å². The van der Waals surface area contributed by atoms with Gasteiger partial charge in [0, 0.05) is 0 Å². The van der Waals surface area contributed by atoms with Crippen LogP contribution in [0.15, 0.2) is 11.3 Å². The highest BCUT2D eigenvalue weighted by molar-refractivity contribution is 7.99. The molecule has 0 fully saturated rings. The Morgan fingerprint density at radius 1 is 1.55 bits per heavy atom. The lowest BCUT2D eigenvalue weighted by atomic mass is 10.1. The lowest BCUT2D eigenvalue weighted by Crippen LogP contribution is -2.37. The fourth-order valence-corrected chi connectivity index (χ4v) is 1.69. The van der Waals surface area contributed by atoms with Crippen molar-refractivity contribution in [2.45, 2.75) is 5.79 Å². The molecular weight excluding hydrogens is 166 g/mol. The van der Waals surface area contributed by atoms with E-state index in [4.69, 9.17) is 20.6 Å². The van der Waals surface area contributed by atoms with Crippen LogP contribution in [-0.2, 0) is 0 Å². The van der Waals surface area contributed by atoms with Crippen LogP contribution in [0.1, 0.15) is 0 Å². The molecule has 0 aromatic rings. The molecule has 1 rings (SSSR count). The Morgan fingerprint density at radius 2 is 2.18 bits per heavy atom. The summed E-state index contributed by atoms with van der Waals surface area (Å²) in [6, 6.07) is 1.56. The van der Waals surface area contributed by atoms with Crippen LogP contribution in [0, 0.1) is 11.3 Å². The lowest BCUT2D eigenvalue weighted by Gasteiger charge is -2.25. The average Bonchev–Trinajstić information content (AvgIpc) is 1.86. The van der Waals surface area contributed by atoms with Gasteiger partial charge >= 0.3 is 0 Å². The first kappa shape index (κ1) is 8.40. The molecule has 0 aliphatic carbocycles. The maximum Gasteiger partial charge on any atom is 0.212 e. The van der Waals surface area contributed by atoms with Gasteiger partial charge in [-0.15, -0.1) is 11.8 Å². The third-order valence-electron chi connectivity index (χ3n) is 1.34. The van der Waals surface area contributed by atoms with Crippen molar-refractivity contribution >= 4 is 11.8 Å². The molecule has 3 N–H and O–H groups in total. The SMILES string of the molecule is N#CC1=C(O)CSCC1(O)O. The Balaban J connectivity index is 3.04. The second kappa shape index (κ2) is 2.74. The maximum absolute atomic E-state index is 9.10. The summed E-state index contributed by atoms with van der Waals surface area (Å²) in [6.07, 6.45) is 0. The largest absolute Gasteiger partial charge is 0.510 e. The van der Waals surface area contributed by atoms with E-state index in [1.165, 1.54) is 11.8 Å². The highest BCUT2D eigenvalue weighted by atomic mass is 32.2. The molecule has 0 amide bonds. The molecule has 60 valence electrons. The average molecular weight is 173 g/mol. The van der Waals surface area contributed by atoms with E-state index in [9.17, 15) is 0 Å². The zero-order chi connectivity index (χ0) is 8.48. The van der Waals surface area contributed by atoms with Gasteiger partial charge < -0.3 is 15.3 Å². The normalized spacial score (nSPS) is 23.0. The molecule has 0 atom stereocenters. The first-order chi connectivity index (χ1) is 5.08. The van der Waals surface area contributed by atoms with Crippen molar-refractivity contribution in [3.05, 3.63) is 11.3 Å². The van der Waals surface area contributed by atoms with Gasteiger partial charge in [-0.05, 0) is 0 Å². The monoisotopic (exact) mass is 173 g/mol. The number of nitriles is 1. The molecule has 0 aromatic carbocycles. The number of nitrogens with zero attached hydrogens (tertiary/aromatic N) is 1. The van der Waals surface area contributed by atoms with Crippen LogP contribution >= 0.6 is 11.8 Å². The number of hydrogen-bond acceptors (Lipinski definition) is 5. The smallest absolute Gasteiger partial charge is 0.212 e. The van der Waals surface area contributed by atoms with E-state index in [-0.39, 0.29) is 22.8 Å². The van der Waals surface area contributed by atoms with Gasteiger partial charge in [-0.1, -0.05) is 0 Å². The van der Waals surface area contributed by atoms with Gasteiger partial charge in [0.05, 0.1) is 11.5 Å². The first-order valence-corrected chi connectivity index (χ1v) is 4.08. The van der Waals surface area contributed by atoms with Crippen LogP contribution in [0.4, 0.5) is 0 Å². The van der Waals surface area contributed by atoms with Crippen LogP contribution in [0.2, 0.25) is 0 Å². The van der Waals surface area contributed by atoms with Crippen molar-refractivity contribution in [3.8, 4) is 6.07 Å². The number of rotatable bonds is 0. The van der Waals surface area contributed by atoms with E-state index >= 15 is 0 Å². The topological polar surface area (TPSA) is 84.5 Å². The van der Waals surface area contributed by atoms with Crippen molar-refractivity contribution in [1.82, 2.24) is 0 Å². The molecule has 0 saturated carbocycles.